The van der Waals surface area contributed by atoms with Crippen LogP contribution in [0.15, 0.2) is 165 Å². The third kappa shape index (κ3) is 4.55. The van der Waals surface area contributed by atoms with Crippen molar-refractivity contribution in [1.29, 1.82) is 0 Å². The van der Waals surface area contributed by atoms with Gasteiger partial charge in [-0.05, 0) is 53.1 Å². The molecule has 1 saturated heterocycles. The Balaban J connectivity index is 1.01. The Labute approximate surface area is 292 Å². The summed E-state index contributed by atoms with van der Waals surface area (Å²) in [5.41, 5.74) is 10.7. The minimum Gasteiger partial charge on any atom is -0.456 e. The predicted molar refractivity (Wildman–Crippen MR) is 204 cm³/mol. The first-order valence-electron chi connectivity index (χ1n) is 17.4. The van der Waals surface area contributed by atoms with Crippen LogP contribution in [0.4, 0.5) is 0 Å². The second-order valence-electron chi connectivity index (χ2n) is 13.4. The summed E-state index contributed by atoms with van der Waals surface area (Å²) < 4.78 is 19.4. The third-order valence-corrected chi connectivity index (χ3v) is 10.4. The normalized spacial score (nSPS) is 18.2. The van der Waals surface area contributed by atoms with E-state index in [4.69, 9.17) is 13.3 Å². The Hall–Kier alpha value is -6.18. The molecule has 3 unspecified atom stereocenters. The largest absolute Gasteiger partial charge is 0.456 e. The van der Waals surface area contributed by atoms with Gasteiger partial charge in [0, 0.05) is 43.4 Å². The zero-order valence-corrected chi connectivity index (χ0v) is 27.4. The van der Waals surface area contributed by atoms with Gasteiger partial charge in [-0.3, -0.25) is 16.0 Å². The Morgan fingerprint density at radius 1 is 0.333 bits per heavy atom. The molecule has 6 nitrogen and oxygen atoms in total. The third-order valence-electron chi connectivity index (χ3n) is 10.4. The number of nitrogens with one attached hydrogen (secondary N) is 3. The molecule has 3 atom stereocenters. The van der Waals surface area contributed by atoms with Crippen LogP contribution in [-0.4, -0.2) is 0 Å². The Morgan fingerprint density at radius 2 is 0.843 bits per heavy atom. The Morgan fingerprint density at radius 3 is 1.57 bits per heavy atom. The van der Waals surface area contributed by atoms with E-state index in [0.717, 1.165) is 93.6 Å². The van der Waals surface area contributed by atoms with Gasteiger partial charge < -0.3 is 13.3 Å². The van der Waals surface area contributed by atoms with Crippen molar-refractivity contribution in [3.8, 4) is 11.1 Å². The lowest BCUT2D eigenvalue weighted by molar-refractivity contribution is 0.203. The number of hydrogen-bond acceptors (Lipinski definition) is 6. The quantitative estimate of drug-likeness (QED) is 0.174. The van der Waals surface area contributed by atoms with Gasteiger partial charge in [0.15, 0.2) is 0 Å². The van der Waals surface area contributed by atoms with E-state index in [-0.39, 0.29) is 18.5 Å². The van der Waals surface area contributed by atoms with Crippen LogP contribution in [0.5, 0.6) is 0 Å². The van der Waals surface area contributed by atoms with Crippen LogP contribution in [0, 0.1) is 0 Å². The molecule has 3 N–H and O–H groups in total. The van der Waals surface area contributed by atoms with Gasteiger partial charge >= 0.3 is 0 Å². The summed E-state index contributed by atoms with van der Waals surface area (Å²) >= 11 is 0. The first kappa shape index (κ1) is 28.6. The molecule has 0 aliphatic carbocycles. The second-order valence-corrected chi connectivity index (χ2v) is 13.4. The van der Waals surface area contributed by atoms with Gasteiger partial charge in [-0.25, -0.2) is 0 Å². The van der Waals surface area contributed by atoms with E-state index in [2.05, 4.69) is 137 Å². The summed E-state index contributed by atoms with van der Waals surface area (Å²) in [6, 6.07) is 52.7. The molecular weight excluding hydrogens is 631 g/mol. The zero-order chi connectivity index (χ0) is 33.5. The first-order chi connectivity index (χ1) is 25.2. The number of benzene rings is 7. The number of rotatable bonds is 4. The van der Waals surface area contributed by atoms with Gasteiger partial charge in [0.1, 0.15) is 33.5 Å². The van der Waals surface area contributed by atoms with Crippen molar-refractivity contribution >= 4 is 65.8 Å². The molecule has 4 heterocycles. The van der Waals surface area contributed by atoms with Crippen LogP contribution in [-0.2, 0) is 0 Å². The highest BCUT2D eigenvalue weighted by atomic mass is 16.3. The van der Waals surface area contributed by atoms with Crippen molar-refractivity contribution in [2.45, 2.75) is 18.5 Å². The maximum absolute atomic E-state index is 6.69. The number of hydrogen-bond donors (Lipinski definition) is 3. The summed E-state index contributed by atoms with van der Waals surface area (Å²) in [6.45, 7) is 0. The van der Waals surface area contributed by atoms with E-state index in [9.17, 15) is 0 Å². The Kier molecular flexibility index (Phi) is 6.27. The van der Waals surface area contributed by atoms with Gasteiger partial charge in [-0.2, -0.15) is 0 Å². The van der Waals surface area contributed by atoms with E-state index < -0.39 is 0 Å². The molecule has 1 fully saturated rings. The average molecular weight is 662 g/mol. The molecule has 11 rings (SSSR count). The molecule has 6 heteroatoms. The van der Waals surface area contributed by atoms with Gasteiger partial charge in [0.2, 0.25) is 0 Å². The molecule has 0 radical (unpaired) electrons. The van der Waals surface area contributed by atoms with E-state index in [1.54, 1.807) is 0 Å². The molecule has 0 saturated carbocycles. The molecule has 0 spiro atoms. The fourth-order valence-corrected chi connectivity index (χ4v) is 7.97. The first-order valence-corrected chi connectivity index (χ1v) is 17.4. The highest BCUT2D eigenvalue weighted by Gasteiger charge is 2.33. The molecule has 10 aromatic rings. The predicted octanol–water partition coefficient (Wildman–Crippen LogP) is 11.2. The van der Waals surface area contributed by atoms with Crippen molar-refractivity contribution in [1.82, 2.24) is 16.0 Å². The van der Waals surface area contributed by atoms with E-state index in [1.165, 1.54) is 0 Å². The van der Waals surface area contributed by atoms with Gasteiger partial charge in [0.05, 0.1) is 18.5 Å². The Bertz CT molecular complexity index is 2940. The molecule has 7 aromatic carbocycles. The summed E-state index contributed by atoms with van der Waals surface area (Å²) in [6.07, 6.45) is -0.591. The maximum atomic E-state index is 6.69. The van der Waals surface area contributed by atoms with Crippen molar-refractivity contribution < 1.29 is 13.3 Å². The molecule has 51 heavy (non-hydrogen) atoms. The van der Waals surface area contributed by atoms with Gasteiger partial charge in [-0.1, -0.05) is 115 Å². The van der Waals surface area contributed by atoms with Crippen LogP contribution in [0.3, 0.4) is 0 Å². The fraction of sp³-hybridized carbons (Fsp3) is 0.0667. The van der Waals surface area contributed by atoms with E-state index in [0.29, 0.717) is 0 Å². The van der Waals surface area contributed by atoms with Crippen LogP contribution in [0.25, 0.3) is 76.9 Å². The molecule has 0 bridgehead atoms. The minimum absolute atomic E-state index is 0.138. The second kappa shape index (κ2) is 11.2. The van der Waals surface area contributed by atoms with Crippen molar-refractivity contribution in [3.63, 3.8) is 0 Å². The number of fused-ring (bicyclic) bond motifs is 9. The molecule has 3 aromatic heterocycles. The lowest BCUT2D eigenvalue weighted by Gasteiger charge is -2.39. The van der Waals surface area contributed by atoms with Crippen molar-refractivity contribution in [2.24, 2.45) is 0 Å². The van der Waals surface area contributed by atoms with Crippen LogP contribution >= 0.6 is 0 Å². The lowest BCUT2D eigenvalue weighted by atomic mass is 9.99. The topological polar surface area (TPSA) is 75.5 Å². The monoisotopic (exact) mass is 661 g/mol. The molecule has 1 aliphatic heterocycles. The minimum atomic E-state index is -0.236. The van der Waals surface area contributed by atoms with Crippen LogP contribution in [0.2, 0.25) is 0 Å². The molecule has 1 aliphatic rings. The zero-order valence-electron chi connectivity index (χ0n) is 27.4. The summed E-state index contributed by atoms with van der Waals surface area (Å²) in [5, 5.41) is 18.2. The highest BCUT2D eigenvalue weighted by molar-refractivity contribution is 6.09. The van der Waals surface area contributed by atoms with E-state index >= 15 is 0 Å². The van der Waals surface area contributed by atoms with Gasteiger partial charge in [0.25, 0.3) is 0 Å². The van der Waals surface area contributed by atoms with Crippen LogP contribution < -0.4 is 16.0 Å². The number of para-hydroxylation sites is 4. The average Bonchev–Trinajstić information content (AvgIpc) is 3.88. The fourth-order valence-electron chi connectivity index (χ4n) is 7.97. The molecular formula is C45H31N3O3. The number of furan rings is 3. The SMILES string of the molecule is c1ccc(C2NC(c3cccc4c3oc3ccccc34)NC(c3cccc4c3oc3ccc(-c5ccc6c(c5)oc5ccccc56)cc34)N2)cc1. The van der Waals surface area contributed by atoms with Gasteiger partial charge in [-0.15, -0.1) is 0 Å². The van der Waals surface area contributed by atoms with Crippen molar-refractivity contribution in [3.05, 3.63) is 168 Å². The summed E-state index contributed by atoms with van der Waals surface area (Å²) in [7, 11) is 0. The van der Waals surface area contributed by atoms with E-state index in [1.807, 2.05) is 30.3 Å². The molecule has 244 valence electrons. The standard InChI is InChI=1S/C45H31N3O3/c1-2-10-26(11-3-1)43-46-44(34-16-8-14-32-30-13-5-7-19-38(30)50-41(32)34)48-45(47-43)35-17-9-15-33-36-24-27(21-23-39(36)51-42(33)35)28-20-22-31-29-12-4-6-18-37(29)49-40(31)25-28/h1-25,43-48H. The maximum Gasteiger partial charge on any atom is 0.141 e. The summed E-state index contributed by atoms with van der Waals surface area (Å²) in [4.78, 5) is 0. The van der Waals surface area contributed by atoms with Crippen LogP contribution in [0.1, 0.15) is 35.2 Å². The lowest BCUT2D eigenvalue weighted by Crippen LogP contribution is -2.54. The highest BCUT2D eigenvalue weighted by Crippen LogP contribution is 2.40. The summed E-state index contributed by atoms with van der Waals surface area (Å²) in [5.74, 6) is 0. The van der Waals surface area contributed by atoms with Crippen molar-refractivity contribution in [2.75, 3.05) is 0 Å². The molecule has 0 amide bonds. The smallest absolute Gasteiger partial charge is 0.141 e.